The summed E-state index contributed by atoms with van der Waals surface area (Å²) in [4.78, 5) is 9.23. The number of hydrogen-bond donors (Lipinski definition) is 0. The number of unbranched alkanes of at least 4 members (excludes halogenated alkanes) is 1. The average Bonchev–Trinajstić information content (AvgIpc) is 3.75. The third-order valence-corrected chi connectivity index (χ3v) is 6.20. The molecule has 3 nitrogen and oxygen atoms in total. The van der Waals surface area contributed by atoms with Crippen molar-refractivity contribution in [3.8, 4) is 0 Å². The van der Waals surface area contributed by atoms with Crippen LogP contribution >= 0.6 is 0 Å². The molecule has 0 saturated heterocycles. The predicted octanol–water partition coefficient (Wildman–Crippen LogP) is 11.9. The summed E-state index contributed by atoms with van der Waals surface area (Å²) in [5, 5.41) is 0. The highest BCUT2D eigenvalue weighted by molar-refractivity contribution is 5.88. The monoisotopic (exact) mass is 535 g/mol. The predicted molar refractivity (Wildman–Crippen MR) is 180 cm³/mol. The van der Waals surface area contributed by atoms with Gasteiger partial charge in [-0.05, 0) is 80.2 Å². The van der Waals surface area contributed by atoms with Gasteiger partial charge in [0, 0.05) is 18.9 Å². The molecule has 3 aromatic rings. The molecule has 2 aromatic heterocycles. The first-order valence-corrected chi connectivity index (χ1v) is 15.5. The Morgan fingerprint density at radius 3 is 1.95 bits per heavy atom. The molecule has 0 spiro atoms. The lowest BCUT2D eigenvalue weighted by molar-refractivity contribution is 0.799. The molecule has 1 saturated carbocycles. The van der Waals surface area contributed by atoms with Crippen LogP contribution in [0.15, 0.2) is 37.0 Å². The quantitative estimate of drug-likeness (QED) is 0.325. The minimum Gasteiger partial charge on any atom is -0.327 e. The van der Waals surface area contributed by atoms with E-state index in [9.17, 15) is 0 Å². The van der Waals surface area contributed by atoms with E-state index >= 15 is 0 Å². The number of aryl methyl sites for hydroxylation is 3. The molecule has 0 atom stereocenters. The van der Waals surface area contributed by atoms with Crippen LogP contribution in [0.4, 0.5) is 0 Å². The van der Waals surface area contributed by atoms with Crippen molar-refractivity contribution < 1.29 is 0 Å². The molecule has 2 heterocycles. The number of fused-ring (bicyclic) bond motifs is 1. The van der Waals surface area contributed by atoms with Gasteiger partial charge in [-0.15, -0.1) is 0 Å². The van der Waals surface area contributed by atoms with Crippen LogP contribution < -0.4 is 0 Å². The molecule has 220 valence electrons. The summed E-state index contributed by atoms with van der Waals surface area (Å²) in [6.45, 7) is 31.0. The summed E-state index contributed by atoms with van der Waals surface area (Å²) in [6, 6.07) is 8.35. The first kappa shape index (κ1) is 38.5. The number of hydrogen-bond acceptors (Lipinski definition) is 2. The summed E-state index contributed by atoms with van der Waals surface area (Å²) in [5.74, 6) is 2.12. The van der Waals surface area contributed by atoms with Gasteiger partial charge in [-0.3, -0.25) is 4.98 Å². The number of nitrogens with zero attached hydrogens (tertiary/aromatic N) is 3. The molecule has 1 aliphatic carbocycles. The molecule has 4 rings (SSSR count). The first-order chi connectivity index (χ1) is 18.7. The van der Waals surface area contributed by atoms with E-state index in [1.165, 1.54) is 43.2 Å². The van der Waals surface area contributed by atoms with Gasteiger partial charge in [0.15, 0.2) is 0 Å². The van der Waals surface area contributed by atoms with E-state index in [0.29, 0.717) is 0 Å². The summed E-state index contributed by atoms with van der Waals surface area (Å²) < 4.78 is 2.17. The molecule has 0 amide bonds. The van der Waals surface area contributed by atoms with E-state index in [0.717, 1.165) is 45.2 Å². The molecule has 1 fully saturated rings. The van der Waals surface area contributed by atoms with E-state index in [2.05, 4.69) is 82.1 Å². The van der Waals surface area contributed by atoms with Gasteiger partial charge in [0.2, 0.25) is 0 Å². The minimum atomic E-state index is 0.982. The Bertz CT molecular complexity index is 1100. The van der Waals surface area contributed by atoms with Gasteiger partial charge in [0.05, 0.1) is 11.0 Å². The van der Waals surface area contributed by atoms with Gasteiger partial charge in [0.25, 0.3) is 0 Å². The van der Waals surface area contributed by atoms with Crippen molar-refractivity contribution in [3.05, 3.63) is 65.2 Å². The topological polar surface area (TPSA) is 30.7 Å². The Hall–Kier alpha value is -2.68. The van der Waals surface area contributed by atoms with Crippen molar-refractivity contribution in [2.75, 3.05) is 0 Å². The smallest absolute Gasteiger partial charge is 0.136 e. The fourth-order valence-electron chi connectivity index (χ4n) is 3.65. The van der Waals surface area contributed by atoms with Gasteiger partial charge >= 0.3 is 0 Å². The lowest BCUT2D eigenvalue weighted by Gasteiger charge is -2.06. The molecule has 0 aliphatic heterocycles. The van der Waals surface area contributed by atoms with Crippen molar-refractivity contribution in [2.45, 2.75) is 122 Å². The molecule has 0 radical (unpaired) electrons. The van der Waals surface area contributed by atoms with Crippen molar-refractivity contribution in [1.29, 1.82) is 0 Å². The highest BCUT2D eigenvalue weighted by Crippen LogP contribution is 2.31. The maximum atomic E-state index is 4.88. The van der Waals surface area contributed by atoms with Crippen LogP contribution in [0.2, 0.25) is 0 Å². The molecular formula is C36H61N3. The van der Waals surface area contributed by atoms with E-state index in [1.54, 1.807) is 0 Å². The van der Waals surface area contributed by atoms with Crippen molar-refractivity contribution in [1.82, 2.24) is 14.5 Å². The highest BCUT2D eigenvalue weighted by atomic mass is 15.1. The van der Waals surface area contributed by atoms with Crippen LogP contribution in [-0.2, 0) is 7.05 Å². The lowest BCUT2D eigenvalue weighted by Crippen LogP contribution is -1.97. The van der Waals surface area contributed by atoms with Crippen molar-refractivity contribution in [3.63, 3.8) is 0 Å². The van der Waals surface area contributed by atoms with Gasteiger partial charge < -0.3 is 4.57 Å². The molecule has 3 heteroatoms. The van der Waals surface area contributed by atoms with Crippen molar-refractivity contribution in [2.24, 2.45) is 13.0 Å². The van der Waals surface area contributed by atoms with Crippen LogP contribution in [0.5, 0.6) is 0 Å². The lowest BCUT2D eigenvalue weighted by atomic mass is 10.0. The van der Waals surface area contributed by atoms with Crippen LogP contribution in [-0.4, -0.2) is 14.5 Å². The van der Waals surface area contributed by atoms with E-state index in [-0.39, 0.29) is 0 Å². The third-order valence-electron chi connectivity index (χ3n) is 6.20. The molecule has 1 aromatic carbocycles. The Labute approximate surface area is 242 Å². The van der Waals surface area contributed by atoms with Crippen molar-refractivity contribution >= 4 is 28.3 Å². The Morgan fingerprint density at radius 2 is 1.54 bits per heavy atom. The zero-order valence-corrected chi connectivity index (χ0v) is 28.1. The molecule has 0 N–H and O–H groups in total. The summed E-state index contributed by atoms with van der Waals surface area (Å²) >= 11 is 0. The third kappa shape index (κ3) is 13.3. The zero-order chi connectivity index (χ0) is 30.5. The summed E-state index contributed by atoms with van der Waals surface area (Å²) in [7, 11) is 2.07. The van der Waals surface area contributed by atoms with E-state index in [1.807, 2.05) is 67.7 Å². The van der Waals surface area contributed by atoms with Crippen LogP contribution in [0.3, 0.4) is 0 Å². The van der Waals surface area contributed by atoms with Gasteiger partial charge in [0.1, 0.15) is 5.82 Å². The number of aromatic nitrogens is 3. The Kier molecular flexibility index (Phi) is 21.9. The average molecular weight is 536 g/mol. The number of pyridine rings is 1. The second-order valence-electron chi connectivity index (χ2n) is 9.29. The van der Waals surface area contributed by atoms with Crippen LogP contribution in [0.1, 0.15) is 136 Å². The van der Waals surface area contributed by atoms with Crippen LogP contribution in [0, 0.1) is 19.8 Å². The zero-order valence-electron chi connectivity index (χ0n) is 28.1. The molecule has 39 heavy (non-hydrogen) atoms. The van der Waals surface area contributed by atoms with Gasteiger partial charge in [-0.2, -0.15) is 0 Å². The van der Waals surface area contributed by atoms with Gasteiger partial charge in [-0.1, -0.05) is 113 Å². The molecule has 0 unspecified atom stereocenters. The first-order valence-electron chi connectivity index (χ1n) is 15.5. The minimum absolute atomic E-state index is 0.982. The maximum Gasteiger partial charge on any atom is 0.136 e. The molecular weight excluding hydrogens is 474 g/mol. The standard InChI is InChI=1S/C21H23N3.C5H10.C4H10.3C2H6/c1-13(2)18-10-14(3)20-19(12-18)23-21(24(20)6)15(4)11-17-8-7-9-22-16(17)5;1-2-5-3-4-5;1-3-4-2;3*1-2/h7-12H,1H2,2-6H3;5H,2-4H2,1H3;3-4H2,1-2H3;3*1-2H3/b15-11+;;;;;. The number of imidazole rings is 1. The number of rotatable bonds is 5. The summed E-state index contributed by atoms with van der Waals surface area (Å²) in [6.07, 6.45) is 11.0. The van der Waals surface area contributed by atoms with Gasteiger partial charge in [-0.25, -0.2) is 4.98 Å². The van der Waals surface area contributed by atoms with E-state index < -0.39 is 0 Å². The molecule has 1 aliphatic rings. The Balaban J connectivity index is 0. The Morgan fingerprint density at radius 1 is 0.974 bits per heavy atom. The fraction of sp³-hybridized carbons (Fsp3) is 0.556. The number of allylic oxidation sites excluding steroid dienone is 2. The fourth-order valence-corrected chi connectivity index (χ4v) is 3.65. The maximum absolute atomic E-state index is 4.88. The second-order valence-corrected chi connectivity index (χ2v) is 9.29. The number of benzene rings is 1. The van der Waals surface area contributed by atoms with Crippen LogP contribution in [0.25, 0.3) is 28.3 Å². The SMILES string of the molecule is C=C(C)c1cc(C)c2c(c1)nc(/C(C)=C/c1cccnc1C)n2C.CC.CC.CC.CCC1CC1.CCCC. The normalized spacial score (nSPS) is 11.6. The highest BCUT2D eigenvalue weighted by Gasteiger charge is 2.17. The largest absolute Gasteiger partial charge is 0.327 e. The van der Waals surface area contributed by atoms with E-state index in [4.69, 9.17) is 4.98 Å². The summed E-state index contributed by atoms with van der Waals surface area (Å²) in [5.41, 5.74) is 8.89. The molecule has 0 bridgehead atoms. The second kappa shape index (κ2) is 22.2.